The van der Waals surface area contributed by atoms with Gasteiger partial charge in [-0.25, -0.2) is 0 Å². The van der Waals surface area contributed by atoms with Gasteiger partial charge in [0, 0.05) is 5.39 Å². The molecule has 1 aliphatic carbocycles. The monoisotopic (exact) mass is 293 g/mol. The maximum Gasteiger partial charge on any atom is 0.0938 e. The third-order valence-corrected chi connectivity index (χ3v) is 4.70. The summed E-state index contributed by atoms with van der Waals surface area (Å²) in [7, 11) is 0. The Bertz CT molecular complexity index is 897. The molecule has 0 fully saturated rings. The number of hydrogen-bond donors (Lipinski definition) is 2. The van der Waals surface area contributed by atoms with Gasteiger partial charge in [0.2, 0.25) is 0 Å². The zero-order valence-electron chi connectivity index (χ0n) is 12.8. The van der Waals surface area contributed by atoms with E-state index in [1.807, 2.05) is 0 Å². The van der Waals surface area contributed by atoms with Crippen molar-refractivity contribution in [3.05, 3.63) is 52.8 Å². The average Bonchev–Trinajstić information content (AvgIpc) is 2.51. The largest absolute Gasteiger partial charge is 0.387 e. The van der Waals surface area contributed by atoms with Crippen molar-refractivity contribution < 1.29 is 10.2 Å². The van der Waals surface area contributed by atoms with Crippen LogP contribution in [0.15, 0.2) is 30.3 Å². The lowest BCUT2D eigenvalue weighted by molar-refractivity contribution is 0.183. The van der Waals surface area contributed by atoms with Crippen LogP contribution in [0.5, 0.6) is 0 Å². The van der Waals surface area contributed by atoms with Crippen molar-refractivity contribution >= 4 is 21.5 Å². The second-order valence-corrected chi connectivity index (χ2v) is 6.22. The molecule has 2 aromatic carbocycles. The van der Waals surface area contributed by atoms with Crippen molar-refractivity contribution in [1.29, 1.82) is 0 Å². The Kier molecular flexibility index (Phi) is 2.96. The summed E-state index contributed by atoms with van der Waals surface area (Å²) in [5.74, 6) is 0. The summed E-state index contributed by atoms with van der Waals surface area (Å²) in [5.41, 5.74) is 3.85. The molecule has 3 aromatic rings. The molecule has 3 nitrogen and oxygen atoms in total. The molecule has 0 radical (unpaired) electrons. The van der Waals surface area contributed by atoms with E-state index in [0.29, 0.717) is 11.4 Å². The second-order valence-electron chi connectivity index (χ2n) is 6.22. The van der Waals surface area contributed by atoms with E-state index >= 15 is 0 Å². The average molecular weight is 293 g/mol. The molecule has 0 saturated carbocycles. The maximum absolute atomic E-state index is 10.1. The van der Waals surface area contributed by atoms with E-state index in [4.69, 9.17) is 0 Å². The molecule has 2 N–H and O–H groups in total. The van der Waals surface area contributed by atoms with Gasteiger partial charge >= 0.3 is 0 Å². The number of aliphatic hydroxyl groups is 2. The van der Waals surface area contributed by atoms with Crippen LogP contribution in [-0.4, -0.2) is 15.2 Å². The minimum atomic E-state index is -0.655. The Morgan fingerprint density at radius 1 is 0.909 bits per heavy atom. The third kappa shape index (κ3) is 1.79. The molecule has 0 bridgehead atoms. The van der Waals surface area contributed by atoms with E-state index in [1.165, 1.54) is 21.7 Å². The zero-order valence-corrected chi connectivity index (χ0v) is 12.8. The highest BCUT2D eigenvalue weighted by molar-refractivity contribution is 6.12. The smallest absolute Gasteiger partial charge is 0.0938 e. The summed E-state index contributed by atoms with van der Waals surface area (Å²) in [4.78, 5) is 4.61. The van der Waals surface area contributed by atoms with Crippen molar-refractivity contribution in [3.8, 4) is 0 Å². The number of aromatic nitrogens is 1. The molecule has 1 aromatic heterocycles. The van der Waals surface area contributed by atoms with Crippen LogP contribution in [0.2, 0.25) is 0 Å². The summed E-state index contributed by atoms with van der Waals surface area (Å²) >= 11 is 0. The van der Waals surface area contributed by atoms with E-state index < -0.39 is 12.2 Å². The molecule has 1 heterocycles. The molecule has 112 valence electrons. The summed E-state index contributed by atoms with van der Waals surface area (Å²) in [6, 6.07) is 10.6. The summed E-state index contributed by atoms with van der Waals surface area (Å²) in [6.45, 7) is 3.48. The van der Waals surface area contributed by atoms with Gasteiger partial charge in [0.25, 0.3) is 0 Å². The molecule has 1 aliphatic rings. The standard InChI is InChI=1S/C19H19NO2/c1-10(21)18-14-8-6-12-4-3-5-13-7-9-15(17(14)16(12)13)19(20-18)11(2)22/h3-6,8,10-11,21-22H,7,9H2,1-2H3. The first-order valence-electron chi connectivity index (χ1n) is 7.81. The number of aliphatic hydroxyl groups excluding tert-OH is 2. The number of rotatable bonds is 2. The van der Waals surface area contributed by atoms with Gasteiger partial charge in [-0.05, 0) is 54.0 Å². The van der Waals surface area contributed by atoms with Gasteiger partial charge in [-0.1, -0.05) is 30.3 Å². The van der Waals surface area contributed by atoms with Crippen LogP contribution in [0, 0.1) is 0 Å². The predicted octanol–water partition coefficient (Wildman–Crippen LogP) is 3.59. The van der Waals surface area contributed by atoms with Crippen LogP contribution >= 0.6 is 0 Å². The van der Waals surface area contributed by atoms with E-state index in [9.17, 15) is 10.2 Å². The molecule has 0 spiro atoms. The maximum atomic E-state index is 10.1. The molecule has 3 heteroatoms. The lowest BCUT2D eigenvalue weighted by Crippen LogP contribution is -2.12. The van der Waals surface area contributed by atoms with Crippen LogP contribution in [0.4, 0.5) is 0 Å². The Labute approximate surface area is 129 Å². The molecule has 0 aliphatic heterocycles. The van der Waals surface area contributed by atoms with Gasteiger partial charge in [0.1, 0.15) is 0 Å². The van der Waals surface area contributed by atoms with Crippen molar-refractivity contribution in [2.45, 2.75) is 38.9 Å². The van der Waals surface area contributed by atoms with Gasteiger partial charge in [0.05, 0.1) is 23.6 Å². The molecule has 22 heavy (non-hydrogen) atoms. The quantitative estimate of drug-likeness (QED) is 0.710. The highest BCUT2D eigenvalue weighted by atomic mass is 16.3. The zero-order chi connectivity index (χ0) is 15.4. The number of nitrogens with zero attached hydrogens (tertiary/aromatic N) is 1. The van der Waals surface area contributed by atoms with E-state index in [0.717, 1.165) is 23.8 Å². The summed E-state index contributed by atoms with van der Waals surface area (Å²) in [5, 5.41) is 24.9. The minimum absolute atomic E-state index is 0.627. The molecule has 2 unspecified atom stereocenters. The number of hydrogen-bond acceptors (Lipinski definition) is 3. The highest BCUT2D eigenvalue weighted by Gasteiger charge is 2.24. The molecular formula is C19H19NO2. The van der Waals surface area contributed by atoms with Crippen LogP contribution in [0.3, 0.4) is 0 Å². The van der Waals surface area contributed by atoms with Crippen molar-refractivity contribution in [2.24, 2.45) is 0 Å². The number of aryl methyl sites for hydroxylation is 2. The molecule has 0 amide bonds. The van der Waals surface area contributed by atoms with Gasteiger partial charge in [-0.15, -0.1) is 0 Å². The Morgan fingerprint density at radius 3 is 2.41 bits per heavy atom. The van der Waals surface area contributed by atoms with Crippen LogP contribution in [0.25, 0.3) is 21.5 Å². The summed E-state index contributed by atoms with van der Waals surface area (Å²) in [6.07, 6.45) is 0.578. The van der Waals surface area contributed by atoms with Crippen molar-refractivity contribution in [3.63, 3.8) is 0 Å². The number of pyridine rings is 1. The fraction of sp³-hybridized carbons (Fsp3) is 0.316. The van der Waals surface area contributed by atoms with E-state index in [-0.39, 0.29) is 0 Å². The SMILES string of the molecule is CC(O)c1nc(C(C)O)c2ccc3cccc4c3c2c1CC4. The Balaban J connectivity index is 2.27. The first-order valence-corrected chi connectivity index (χ1v) is 7.81. The first kappa shape index (κ1) is 13.7. The van der Waals surface area contributed by atoms with Crippen LogP contribution in [-0.2, 0) is 12.8 Å². The van der Waals surface area contributed by atoms with E-state index in [1.54, 1.807) is 13.8 Å². The van der Waals surface area contributed by atoms with Gasteiger partial charge < -0.3 is 10.2 Å². The molecule has 0 saturated heterocycles. The topological polar surface area (TPSA) is 53.4 Å². The summed E-state index contributed by atoms with van der Waals surface area (Å²) < 4.78 is 0. The molecule has 4 rings (SSSR count). The second kappa shape index (κ2) is 4.77. The number of benzene rings is 2. The van der Waals surface area contributed by atoms with E-state index in [2.05, 4.69) is 35.3 Å². The fourth-order valence-corrected chi connectivity index (χ4v) is 3.75. The van der Waals surface area contributed by atoms with Crippen LogP contribution < -0.4 is 0 Å². The van der Waals surface area contributed by atoms with Crippen molar-refractivity contribution in [2.75, 3.05) is 0 Å². The lowest BCUT2D eigenvalue weighted by Gasteiger charge is -2.24. The van der Waals surface area contributed by atoms with Crippen molar-refractivity contribution in [1.82, 2.24) is 4.98 Å². The first-order chi connectivity index (χ1) is 10.6. The third-order valence-electron chi connectivity index (χ3n) is 4.70. The normalized spacial score (nSPS) is 16.4. The molecule has 2 atom stereocenters. The lowest BCUT2D eigenvalue weighted by atomic mass is 9.84. The van der Waals surface area contributed by atoms with Gasteiger partial charge in [-0.3, -0.25) is 4.98 Å². The predicted molar refractivity (Wildman–Crippen MR) is 87.9 cm³/mol. The minimum Gasteiger partial charge on any atom is -0.387 e. The van der Waals surface area contributed by atoms with Gasteiger partial charge in [-0.2, -0.15) is 0 Å². The highest BCUT2D eigenvalue weighted by Crippen LogP contribution is 2.40. The Morgan fingerprint density at radius 2 is 1.68 bits per heavy atom. The van der Waals surface area contributed by atoms with Gasteiger partial charge in [0.15, 0.2) is 0 Å². The van der Waals surface area contributed by atoms with Crippen LogP contribution in [0.1, 0.15) is 48.6 Å². The Hall–Kier alpha value is -1.97. The molecular weight excluding hydrogens is 274 g/mol. The fourth-order valence-electron chi connectivity index (χ4n) is 3.75.